The van der Waals surface area contributed by atoms with E-state index in [2.05, 4.69) is 17.1 Å². The molecule has 1 aliphatic heterocycles. The molecule has 0 N–H and O–H groups in total. The van der Waals surface area contributed by atoms with Crippen molar-refractivity contribution < 1.29 is 31.3 Å². The summed E-state index contributed by atoms with van der Waals surface area (Å²) >= 11 is 0. The number of nitrogens with zero attached hydrogens (tertiary/aromatic N) is 3. The summed E-state index contributed by atoms with van der Waals surface area (Å²) in [5, 5.41) is 4.20. The smallest absolute Gasteiger partial charge is 0.281 e. The molecule has 3 fully saturated rings. The van der Waals surface area contributed by atoms with Crippen molar-refractivity contribution in [1.29, 1.82) is 0 Å². The Morgan fingerprint density at radius 1 is 1.35 bits per heavy atom. The lowest BCUT2D eigenvalue weighted by atomic mass is 10.1. The fourth-order valence-electron chi connectivity index (χ4n) is 4.53. The van der Waals surface area contributed by atoms with Crippen molar-refractivity contribution in [2.75, 3.05) is 19.3 Å². The number of aromatic nitrogens is 2. The molecule has 3 aliphatic rings. The highest BCUT2D eigenvalue weighted by atomic mass is 32.2. The summed E-state index contributed by atoms with van der Waals surface area (Å²) < 4.78 is 62.6. The van der Waals surface area contributed by atoms with Crippen LogP contribution in [-0.2, 0) is 20.7 Å². The minimum atomic E-state index is -3.63. The quantitative estimate of drug-likeness (QED) is 0.580. The Kier molecular flexibility index (Phi) is 4.93. The number of alkyl halides is 2. The van der Waals surface area contributed by atoms with Crippen molar-refractivity contribution in [2.24, 2.45) is 5.92 Å². The van der Waals surface area contributed by atoms with Gasteiger partial charge in [0.05, 0.1) is 15.9 Å². The van der Waals surface area contributed by atoms with E-state index in [1.165, 1.54) is 25.1 Å². The fourth-order valence-corrected chi connectivity index (χ4v) is 5.18. The molecule has 1 aromatic heterocycles. The van der Waals surface area contributed by atoms with Crippen LogP contribution in [0.25, 0.3) is 0 Å². The number of halogens is 2. The number of ether oxygens (including phenoxy) is 1. The van der Waals surface area contributed by atoms with Gasteiger partial charge in [-0.05, 0) is 50.3 Å². The van der Waals surface area contributed by atoms with Crippen LogP contribution in [0, 0.1) is 5.92 Å². The van der Waals surface area contributed by atoms with E-state index in [0.29, 0.717) is 24.8 Å². The molecule has 184 valence electrons. The van der Waals surface area contributed by atoms with E-state index in [4.69, 9.17) is 9.26 Å². The number of fused-ring (bicyclic) bond motifs is 1. The molecule has 2 unspecified atom stereocenters. The number of benzene rings is 1. The normalized spacial score (nSPS) is 26.2. The second-order valence-corrected chi connectivity index (χ2v) is 12.4. The maximum Gasteiger partial charge on any atom is 0.281 e. The number of piperidine rings is 1. The van der Waals surface area contributed by atoms with E-state index >= 15 is 0 Å². The van der Waals surface area contributed by atoms with Gasteiger partial charge in [-0.25, -0.2) is 17.2 Å². The summed E-state index contributed by atoms with van der Waals surface area (Å²) in [6, 6.07) is 3.72. The number of carbonyl (C=O) groups is 1. The molecule has 2 heterocycles. The summed E-state index contributed by atoms with van der Waals surface area (Å²) in [7, 11) is -3.63. The third kappa shape index (κ3) is 3.87. The standard InChI is InChI=1S/C23H27F2N3O5S/c1-13(22(3,24)25)32-17-6-5-15(34(4,30)31)9-16(17)18(29)28-11-14-10-23(14,12-28)19-26-20(33-27-19)21(2)7-8-21/h5-6,9,13-14H,7-8,10-12H2,1-4H3/t13-,14?,23?/m1/s1. The lowest BCUT2D eigenvalue weighted by Gasteiger charge is -2.25. The number of carbonyl (C=O) groups excluding carboxylic acids is 1. The molecular weight excluding hydrogens is 468 g/mol. The second-order valence-electron chi connectivity index (χ2n) is 10.4. The summed E-state index contributed by atoms with van der Waals surface area (Å²) in [4.78, 5) is 19.6. The van der Waals surface area contributed by atoms with Gasteiger partial charge >= 0.3 is 0 Å². The molecule has 1 amide bonds. The average Bonchev–Trinajstić information content (AvgIpc) is 3.52. The Labute approximate surface area is 196 Å². The molecule has 2 aliphatic carbocycles. The number of likely N-dealkylation sites (tertiary alicyclic amines) is 1. The van der Waals surface area contributed by atoms with Crippen molar-refractivity contribution in [3.8, 4) is 5.75 Å². The van der Waals surface area contributed by atoms with Gasteiger partial charge < -0.3 is 14.2 Å². The minimum absolute atomic E-state index is 0.0588. The van der Waals surface area contributed by atoms with Crippen LogP contribution in [0.5, 0.6) is 5.75 Å². The zero-order valence-electron chi connectivity index (χ0n) is 19.5. The molecule has 0 bridgehead atoms. The van der Waals surface area contributed by atoms with Gasteiger partial charge in [0.2, 0.25) is 5.89 Å². The molecule has 34 heavy (non-hydrogen) atoms. The van der Waals surface area contributed by atoms with Gasteiger partial charge in [0.25, 0.3) is 11.8 Å². The summed E-state index contributed by atoms with van der Waals surface area (Å²) in [6.07, 6.45) is 2.35. The first kappa shape index (κ1) is 23.2. The van der Waals surface area contributed by atoms with Gasteiger partial charge in [0.1, 0.15) is 5.75 Å². The largest absolute Gasteiger partial charge is 0.484 e. The molecular formula is C23H27F2N3O5S. The fraction of sp³-hybridized carbons (Fsp3) is 0.609. The first-order chi connectivity index (χ1) is 15.7. The number of rotatable bonds is 7. The zero-order valence-corrected chi connectivity index (χ0v) is 20.3. The molecule has 1 saturated heterocycles. The van der Waals surface area contributed by atoms with Gasteiger partial charge in [0.15, 0.2) is 21.8 Å². The SMILES string of the molecule is C[C@@H](Oc1ccc(S(C)(=O)=O)cc1C(=O)N1CC2CC2(c2noc(C3(C)CC3)n2)C1)C(C)(F)F. The number of hydrogen-bond donors (Lipinski definition) is 0. The highest BCUT2D eigenvalue weighted by Gasteiger charge is 2.65. The van der Waals surface area contributed by atoms with Gasteiger partial charge in [0, 0.05) is 31.7 Å². The van der Waals surface area contributed by atoms with Gasteiger partial charge in [-0.1, -0.05) is 12.1 Å². The summed E-state index contributed by atoms with van der Waals surface area (Å²) in [5.41, 5.74) is -0.506. The Morgan fingerprint density at radius 3 is 2.68 bits per heavy atom. The Balaban J connectivity index is 1.42. The van der Waals surface area contributed by atoms with Crippen LogP contribution >= 0.6 is 0 Å². The second kappa shape index (κ2) is 7.22. The van der Waals surface area contributed by atoms with E-state index in [1.807, 2.05) is 0 Å². The topological polar surface area (TPSA) is 103 Å². The predicted molar refractivity (Wildman–Crippen MR) is 117 cm³/mol. The highest BCUT2D eigenvalue weighted by molar-refractivity contribution is 7.90. The van der Waals surface area contributed by atoms with Crippen LogP contribution in [0.2, 0.25) is 0 Å². The molecule has 1 aromatic carbocycles. The Bertz CT molecular complexity index is 1270. The van der Waals surface area contributed by atoms with Crippen LogP contribution in [-0.4, -0.2) is 60.7 Å². The lowest BCUT2D eigenvalue weighted by molar-refractivity contribution is -0.0720. The van der Waals surface area contributed by atoms with E-state index < -0.39 is 27.8 Å². The monoisotopic (exact) mass is 495 g/mol. The number of amides is 1. The Hall–Kier alpha value is -2.56. The van der Waals surface area contributed by atoms with Crippen molar-refractivity contribution >= 4 is 15.7 Å². The van der Waals surface area contributed by atoms with Crippen LogP contribution in [0.1, 0.15) is 62.1 Å². The zero-order chi connectivity index (χ0) is 24.7. The minimum Gasteiger partial charge on any atom is -0.484 e. The van der Waals surface area contributed by atoms with E-state index in [0.717, 1.165) is 32.4 Å². The highest BCUT2D eigenvalue weighted by Crippen LogP contribution is 2.59. The lowest BCUT2D eigenvalue weighted by Crippen LogP contribution is -2.35. The van der Waals surface area contributed by atoms with Crippen LogP contribution in [0.3, 0.4) is 0 Å². The molecule has 8 nitrogen and oxygen atoms in total. The third-order valence-electron chi connectivity index (χ3n) is 7.45. The van der Waals surface area contributed by atoms with Gasteiger partial charge in [-0.3, -0.25) is 4.79 Å². The molecule has 2 saturated carbocycles. The van der Waals surface area contributed by atoms with E-state index in [1.54, 1.807) is 4.90 Å². The molecule has 2 aromatic rings. The molecule has 3 atom stereocenters. The molecule has 11 heteroatoms. The maximum absolute atomic E-state index is 13.8. The molecule has 5 rings (SSSR count). The molecule has 0 radical (unpaired) electrons. The summed E-state index contributed by atoms with van der Waals surface area (Å²) in [5.74, 6) is -2.32. The summed E-state index contributed by atoms with van der Waals surface area (Å²) in [6.45, 7) is 4.78. The predicted octanol–water partition coefficient (Wildman–Crippen LogP) is 3.36. The van der Waals surface area contributed by atoms with Crippen molar-refractivity contribution in [1.82, 2.24) is 15.0 Å². The first-order valence-corrected chi connectivity index (χ1v) is 13.1. The average molecular weight is 496 g/mol. The third-order valence-corrected chi connectivity index (χ3v) is 8.56. The van der Waals surface area contributed by atoms with Gasteiger partial charge in [-0.2, -0.15) is 4.98 Å². The maximum atomic E-state index is 13.8. The van der Waals surface area contributed by atoms with Crippen LogP contribution in [0.15, 0.2) is 27.6 Å². The molecule has 0 spiro atoms. The van der Waals surface area contributed by atoms with E-state index in [-0.39, 0.29) is 33.0 Å². The van der Waals surface area contributed by atoms with Crippen LogP contribution in [0.4, 0.5) is 8.78 Å². The first-order valence-electron chi connectivity index (χ1n) is 11.3. The van der Waals surface area contributed by atoms with Gasteiger partial charge in [-0.15, -0.1) is 0 Å². The number of hydrogen-bond acceptors (Lipinski definition) is 7. The van der Waals surface area contributed by atoms with Crippen molar-refractivity contribution in [2.45, 2.75) is 67.8 Å². The number of sulfone groups is 1. The van der Waals surface area contributed by atoms with Crippen molar-refractivity contribution in [3.05, 3.63) is 35.5 Å². The van der Waals surface area contributed by atoms with Crippen molar-refractivity contribution in [3.63, 3.8) is 0 Å². The Morgan fingerprint density at radius 2 is 2.06 bits per heavy atom. The van der Waals surface area contributed by atoms with E-state index in [9.17, 15) is 22.0 Å². The van der Waals surface area contributed by atoms with Crippen LogP contribution < -0.4 is 4.74 Å².